The molecule has 1 heterocycles. The molecular formula is C27H37F3N6O9. The Kier molecular flexibility index (Phi) is 12.1. The first-order chi connectivity index (χ1) is 20.8. The third-order valence-electron chi connectivity index (χ3n) is 5.99. The monoisotopic (exact) mass is 646 g/mol. The lowest BCUT2D eigenvalue weighted by molar-refractivity contribution is -0.268. The van der Waals surface area contributed by atoms with Crippen LogP contribution < -0.4 is 20.1 Å². The number of hydrogen-bond acceptors (Lipinski definition) is 11. The Hall–Kier alpha value is -4.61. The maximum atomic E-state index is 13.5. The first-order valence-electron chi connectivity index (χ1n) is 13.4. The smallest absolute Gasteiger partial charge is 0.434 e. The van der Waals surface area contributed by atoms with Crippen LogP contribution in [0.25, 0.3) is 0 Å². The average molecular weight is 647 g/mol. The van der Waals surface area contributed by atoms with Crippen LogP contribution in [0.2, 0.25) is 0 Å². The number of aliphatic hydroxyl groups is 1. The molecule has 0 aliphatic heterocycles. The Morgan fingerprint density at radius 3 is 2.31 bits per heavy atom. The zero-order chi connectivity index (χ0) is 34.2. The van der Waals surface area contributed by atoms with Gasteiger partial charge in [0.25, 0.3) is 0 Å². The van der Waals surface area contributed by atoms with E-state index in [0.29, 0.717) is 30.4 Å². The summed E-state index contributed by atoms with van der Waals surface area (Å²) in [6.07, 6.45) is -5.60. The van der Waals surface area contributed by atoms with Crippen molar-refractivity contribution in [2.45, 2.75) is 64.2 Å². The van der Waals surface area contributed by atoms with Crippen molar-refractivity contribution in [2.75, 3.05) is 34.4 Å². The highest BCUT2D eigenvalue weighted by Gasteiger charge is 2.64. The molecule has 3 N–H and O–H groups in total. The summed E-state index contributed by atoms with van der Waals surface area (Å²) in [7, 11) is 3.56. The fourth-order valence-corrected chi connectivity index (χ4v) is 3.88. The standard InChI is InChI=1S/C27H37F3N6O9/c1-16(12-36-14-20(33-34-36)26(41,23(39)44-7)27(28,29)30)32-21(37)15-35(22(38)11-31-24(40)45-25(2,3)4)13-17-8-9-18(42-5)10-19(17)43-6/h8-10,14,16,41H,11-13,15H2,1-7H3,(H,31,40)(H,32,37)/t16-,26?/m1/s1. The fourth-order valence-electron chi connectivity index (χ4n) is 3.88. The van der Waals surface area contributed by atoms with Crippen LogP contribution in [0.15, 0.2) is 24.4 Å². The van der Waals surface area contributed by atoms with E-state index in [-0.39, 0.29) is 13.1 Å². The topological polar surface area (TPSA) is 183 Å². The van der Waals surface area contributed by atoms with Gasteiger partial charge in [0, 0.05) is 24.2 Å². The third kappa shape index (κ3) is 9.95. The number of methoxy groups -OCH3 is 3. The van der Waals surface area contributed by atoms with Crippen molar-refractivity contribution >= 4 is 23.9 Å². The van der Waals surface area contributed by atoms with E-state index >= 15 is 0 Å². The molecule has 45 heavy (non-hydrogen) atoms. The van der Waals surface area contributed by atoms with E-state index in [1.165, 1.54) is 21.1 Å². The van der Waals surface area contributed by atoms with E-state index in [1.807, 2.05) is 0 Å². The molecule has 0 saturated heterocycles. The van der Waals surface area contributed by atoms with Crippen LogP contribution in [-0.2, 0) is 42.5 Å². The van der Waals surface area contributed by atoms with E-state index in [4.69, 9.17) is 14.2 Å². The summed E-state index contributed by atoms with van der Waals surface area (Å²) in [4.78, 5) is 51.1. The quantitative estimate of drug-likeness (QED) is 0.267. The zero-order valence-electron chi connectivity index (χ0n) is 25.9. The molecule has 2 atom stereocenters. The highest BCUT2D eigenvalue weighted by atomic mass is 19.4. The van der Waals surface area contributed by atoms with Gasteiger partial charge in [-0.1, -0.05) is 5.21 Å². The molecule has 1 unspecified atom stereocenters. The van der Waals surface area contributed by atoms with Crippen LogP contribution in [0, 0.1) is 0 Å². The maximum Gasteiger partial charge on any atom is 0.434 e. The summed E-state index contributed by atoms with van der Waals surface area (Å²) < 4.78 is 61.2. The molecule has 2 aromatic rings. The number of alkyl carbamates (subject to hydrolysis) is 1. The number of ether oxygens (including phenoxy) is 4. The highest BCUT2D eigenvalue weighted by molar-refractivity contribution is 5.87. The molecule has 1 aromatic heterocycles. The van der Waals surface area contributed by atoms with Gasteiger partial charge in [0.2, 0.25) is 11.8 Å². The van der Waals surface area contributed by atoms with Crippen molar-refractivity contribution < 1.29 is 56.4 Å². The Balaban J connectivity index is 2.18. The predicted molar refractivity (Wildman–Crippen MR) is 149 cm³/mol. The molecule has 0 saturated carbocycles. The number of esters is 1. The summed E-state index contributed by atoms with van der Waals surface area (Å²) in [5.74, 6) is -2.45. The lowest BCUT2D eigenvalue weighted by Crippen LogP contribution is -2.50. The molecule has 0 fully saturated rings. The van der Waals surface area contributed by atoms with Crippen molar-refractivity contribution in [3.63, 3.8) is 0 Å². The number of amides is 3. The first kappa shape index (κ1) is 36.6. The summed E-state index contributed by atoms with van der Waals surface area (Å²) in [5, 5.41) is 21.8. The lowest BCUT2D eigenvalue weighted by atomic mass is 10.00. The van der Waals surface area contributed by atoms with Gasteiger partial charge in [0.15, 0.2) is 0 Å². The van der Waals surface area contributed by atoms with E-state index < -0.39 is 66.1 Å². The van der Waals surface area contributed by atoms with Gasteiger partial charge in [-0.05, 0) is 39.8 Å². The minimum atomic E-state index is -5.46. The van der Waals surface area contributed by atoms with Crippen molar-refractivity contribution in [3.05, 3.63) is 35.7 Å². The van der Waals surface area contributed by atoms with E-state index in [0.717, 1.165) is 9.58 Å². The van der Waals surface area contributed by atoms with Crippen LogP contribution in [0.1, 0.15) is 39.0 Å². The summed E-state index contributed by atoms with van der Waals surface area (Å²) in [5.41, 5.74) is -5.47. The summed E-state index contributed by atoms with van der Waals surface area (Å²) in [6.45, 7) is 5.12. The average Bonchev–Trinajstić information content (AvgIpc) is 3.41. The zero-order valence-corrected chi connectivity index (χ0v) is 25.9. The predicted octanol–water partition coefficient (Wildman–Crippen LogP) is 1.28. The van der Waals surface area contributed by atoms with Crippen molar-refractivity contribution in [1.82, 2.24) is 30.5 Å². The molecule has 3 amide bonds. The fraction of sp³-hybridized carbons (Fsp3) is 0.556. The van der Waals surface area contributed by atoms with E-state index in [1.54, 1.807) is 39.0 Å². The second-order valence-electron chi connectivity index (χ2n) is 10.8. The molecule has 0 bridgehead atoms. The Bertz CT molecular complexity index is 1360. The highest BCUT2D eigenvalue weighted by Crippen LogP contribution is 2.39. The van der Waals surface area contributed by atoms with E-state index in [2.05, 4.69) is 25.7 Å². The van der Waals surface area contributed by atoms with Crippen LogP contribution in [0.5, 0.6) is 11.5 Å². The number of benzene rings is 1. The lowest BCUT2D eigenvalue weighted by Gasteiger charge is -2.25. The van der Waals surface area contributed by atoms with Crippen molar-refractivity contribution in [2.24, 2.45) is 0 Å². The van der Waals surface area contributed by atoms with Gasteiger partial charge in [-0.3, -0.25) is 14.3 Å². The number of carbonyl (C=O) groups excluding carboxylic acids is 4. The first-order valence-corrected chi connectivity index (χ1v) is 13.4. The summed E-state index contributed by atoms with van der Waals surface area (Å²) in [6, 6.07) is 4.08. The number of rotatable bonds is 13. The summed E-state index contributed by atoms with van der Waals surface area (Å²) >= 11 is 0. The molecular weight excluding hydrogens is 609 g/mol. The van der Waals surface area contributed by atoms with Crippen molar-refractivity contribution in [3.8, 4) is 11.5 Å². The molecule has 0 radical (unpaired) electrons. The molecule has 0 spiro atoms. The molecule has 15 nitrogen and oxygen atoms in total. The minimum Gasteiger partial charge on any atom is -0.497 e. The Morgan fingerprint density at radius 2 is 1.76 bits per heavy atom. The SMILES string of the molecule is COC(=O)C(O)(c1cn(C[C@@H](C)NC(=O)CN(Cc2ccc(OC)cc2OC)C(=O)CNC(=O)OC(C)(C)C)nn1)C(F)(F)F. The molecule has 0 aliphatic rings. The number of nitrogens with one attached hydrogen (secondary N) is 2. The van der Waals surface area contributed by atoms with Gasteiger partial charge in [0.1, 0.15) is 29.3 Å². The number of halogens is 3. The number of carbonyl (C=O) groups is 4. The number of alkyl halides is 3. The van der Waals surface area contributed by atoms with Gasteiger partial charge in [-0.2, -0.15) is 13.2 Å². The van der Waals surface area contributed by atoms with E-state index in [9.17, 15) is 37.5 Å². The third-order valence-corrected chi connectivity index (χ3v) is 5.99. The minimum absolute atomic E-state index is 0.111. The van der Waals surface area contributed by atoms with Gasteiger partial charge in [-0.25, -0.2) is 9.59 Å². The van der Waals surface area contributed by atoms with Gasteiger partial charge in [-0.15, -0.1) is 5.10 Å². The largest absolute Gasteiger partial charge is 0.497 e. The van der Waals surface area contributed by atoms with Crippen LogP contribution in [0.4, 0.5) is 18.0 Å². The molecule has 18 heteroatoms. The second kappa shape index (κ2) is 14.9. The number of nitrogens with zero attached hydrogens (tertiary/aromatic N) is 4. The molecule has 1 aromatic carbocycles. The van der Waals surface area contributed by atoms with Crippen LogP contribution >= 0.6 is 0 Å². The van der Waals surface area contributed by atoms with Gasteiger partial charge < -0.3 is 39.6 Å². The van der Waals surface area contributed by atoms with Gasteiger partial charge >= 0.3 is 23.8 Å². The van der Waals surface area contributed by atoms with Crippen molar-refractivity contribution in [1.29, 1.82) is 0 Å². The molecule has 0 aliphatic carbocycles. The normalized spacial score (nSPS) is 13.6. The second-order valence-corrected chi connectivity index (χ2v) is 10.8. The maximum absolute atomic E-state index is 13.5. The Morgan fingerprint density at radius 1 is 1.09 bits per heavy atom. The van der Waals surface area contributed by atoms with Crippen LogP contribution in [0.3, 0.4) is 0 Å². The molecule has 250 valence electrons. The van der Waals surface area contributed by atoms with Crippen LogP contribution in [-0.4, -0.2) is 101 Å². The molecule has 2 rings (SSSR count). The number of aromatic nitrogens is 3. The Labute approximate surface area is 256 Å². The van der Waals surface area contributed by atoms with Gasteiger partial charge in [0.05, 0.1) is 40.6 Å². The number of hydrogen-bond donors (Lipinski definition) is 3.